The second-order valence-electron chi connectivity index (χ2n) is 5.91. The third kappa shape index (κ3) is 2.27. The van der Waals surface area contributed by atoms with Gasteiger partial charge >= 0.3 is 0 Å². The molecule has 2 heteroatoms. The molecule has 20 heavy (non-hydrogen) atoms. The van der Waals surface area contributed by atoms with Gasteiger partial charge in [-0.2, -0.15) is 0 Å². The summed E-state index contributed by atoms with van der Waals surface area (Å²) in [6.45, 7) is 6.97. The minimum absolute atomic E-state index is 0. The molecule has 1 heterocycles. The molecule has 0 fully saturated rings. The van der Waals surface area contributed by atoms with Crippen LogP contribution in [0.3, 0.4) is 0 Å². The first-order chi connectivity index (χ1) is 9.16. The van der Waals surface area contributed by atoms with Crippen molar-refractivity contribution in [3.05, 3.63) is 53.7 Å². The minimum Gasteiger partial charge on any atom is -0.304 e. The number of aromatic nitrogens is 1. The molecule has 3 rings (SSSR count). The van der Waals surface area contributed by atoms with Gasteiger partial charge in [0.05, 0.1) is 0 Å². The minimum atomic E-state index is 0. The Balaban J connectivity index is 0.00000147. The van der Waals surface area contributed by atoms with Crippen LogP contribution < -0.4 is 0 Å². The summed E-state index contributed by atoms with van der Waals surface area (Å²) in [5, 5.41) is 0. The number of nitrogens with zero attached hydrogens (tertiary/aromatic N) is 1. The Labute approximate surface area is 136 Å². The van der Waals surface area contributed by atoms with E-state index in [1.165, 1.54) is 29.5 Å². The second kappa shape index (κ2) is 5.82. The molecule has 1 aromatic carbocycles. The molecule has 2 atom stereocenters. The fourth-order valence-corrected chi connectivity index (χ4v) is 3.35. The molecule has 0 amide bonds. The maximum Gasteiger partial charge on any atom is 0.0160 e. The topological polar surface area (TPSA) is 12.9 Å². The molecule has 0 N–H and O–H groups in total. The van der Waals surface area contributed by atoms with E-state index in [0.717, 1.165) is 5.69 Å². The van der Waals surface area contributed by atoms with E-state index in [1.54, 1.807) is 0 Å². The quantitative estimate of drug-likeness (QED) is 0.630. The molecule has 2 unspecified atom stereocenters. The van der Waals surface area contributed by atoms with Crippen LogP contribution in [0, 0.1) is 12.0 Å². The van der Waals surface area contributed by atoms with Crippen LogP contribution >= 0.6 is 0 Å². The summed E-state index contributed by atoms with van der Waals surface area (Å²) >= 11 is 0. The van der Waals surface area contributed by atoms with Crippen molar-refractivity contribution in [1.29, 1.82) is 0 Å². The zero-order valence-corrected chi connectivity index (χ0v) is 14.5. The van der Waals surface area contributed by atoms with E-state index >= 15 is 0 Å². The van der Waals surface area contributed by atoms with Gasteiger partial charge in [0.25, 0.3) is 0 Å². The second-order valence-corrected chi connectivity index (χ2v) is 5.91. The molecule has 1 aromatic heterocycles. The van der Waals surface area contributed by atoms with Crippen molar-refractivity contribution in [3.63, 3.8) is 0 Å². The Morgan fingerprint density at radius 1 is 1.25 bits per heavy atom. The SMILES string of the molecule is CCC(C)CC1(C)c2ccc[c-]c2-c2ncccc21.[Pt]. The molecule has 1 nitrogen and oxygen atoms in total. The fourth-order valence-electron chi connectivity index (χ4n) is 3.35. The van der Waals surface area contributed by atoms with Crippen molar-refractivity contribution < 1.29 is 21.1 Å². The van der Waals surface area contributed by atoms with Gasteiger partial charge in [0.15, 0.2) is 0 Å². The molecule has 0 saturated heterocycles. The standard InChI is InChI=1S/C18H20N.Pt/c1-4-13(2)12-18(3)15-9-6-5-8-14(15)17-16(18)10-7-11-19-17;/h5-7,9-11,13H,4,12H2,1-3H3;/q-1;. The van der Waals surface area contributed by atoms with Crippen molar-refractivity contribution in [2.75, 3.05) is 0 Å². The first kappa shape index (κ1) is 15.4. The summed E-state index contributed by atoms with van der Waals surface area (Å²) in [5.74, 6) is 0.712. The molecule has 108 valence electrons. The molecule has 0 spiro atoms. The number of pyridine rings is 1. The van der Waals surface area contributed by atoms with Gasteiger partial charge in [-0.15, -0.1) is 35.4 Å². The van der Waals surface area contributed by atoms with Crippen LogP contribution in [0.25, 0.3) is 11.3 Å². The van der Waals surface area contributed by atoms with Crippen molar-refractivity contribution in [2.45, 2.75) is 39.0 Å². The summed E-state index contributed by atoms with van der Waals surface area (Å²) in [6, 6.07) is 14.0. The van der Waals surface area contributed by atoms with Crippen molar-refractivity contribution in [2.24, 2.45) is 5.92 Å². The van der Waals surface area contributed by atoms with Crippen molar-refractivity contribution in [3.8, 4) is 11.3 Å². The van der Waals surface area contributed by atoms with E-state index in [1.807, 2.05) is 12.3 Å². The largest absolute Gasteiger partial charge is 0.304 e. The van der Waals surface area contributed by atoms with E-state index in [-0.39, 0.29) is 26.5 Å². The van der Waals surface area contributed by atoms with Gasteiger partial charge in [-0.1, -0.05) is 38.8 Å². The van der Waals surface area contributed by atoms with Gasteiger partial charge in [0, 0.05) is 27.3 Å². The molecular formula is C18H20NPt-. The molecule has 0 aliphatic heterocycles. The summed E-state index contributed by atoms with van der Waals surface area (Å²) in [7, 11) is 0. The molecule has 1 aliphatic rings. The van der Waals surface area contributed by atoms with Crippen LogP contribution in [0.5, 0.6) is 0 Å². The van der Waals surface area contributed by atoms with Crippen LogP contribution in [-0.4, -0.2) is 4.98 Å². The third-order valence-corrected chi connectivity index (χ3v) is 4.54. The van der Waals surface area contributed by atoms with Crippen molar-refractivity contribution in [1.82, 2.24) is 4.98 Å². The fraction of sp³-hybridized carbons (Fsp3) is 0.389. The first-order valence-electron chi connectivity index (χ1n) is 7.14. The first-order valence-corrected chi connectivity index (χ1v) is 7.14. The maximum atomic E-state index is 4.60. The van der Waals surface area contributed by atoms with Crippen LogP contribution in [0.15, 0.2) is 36.5 Å². The van der Waals surface area contributed by atoms with Gasteiger partial charge in [-0.3, -0.25) is 0 Å². The monoisotopic (exact) mass is 445 g/mol. The number of rotatable bonds is 3. The van der Waals surface area contributed by atoms with E-state index in [0.29, 0.717) is 5.92 Å². The Hall–Kier alpha value is -0.942. The Bertz CT molecular complexity index is 560. The molecular weight excluding hydrogens is 425 g/mol. The predicted molar refractivity (Wildman–Crippen MR) is 79.0 cm³/mol. The van der Waals surface area contributed by atoms with E-state index < -0.39 is 0 Å². The van der Waals surface area contributed by atoms with Gasteiger partial charge in [-0.25, -0.2) is 0 Å². The zero-order valence-electron chi connectivity index (χ0n) is 12.2. The smallest absolute Gasteiger partial charge is 0.0160 e. The molecule has 0 bridgehead atoms. The Kier molecular flexibility index (Phi) is 4.49. The van der Waals surface area contributed by atoms with Gasteiger partial charge < -0.3 is 4.98 Å². The number of hydrogen-bond donors (Lipinski definition) is 0. The predicted octanol–water partition coefficient (Wildman–Crippen LogP) is 4.60. The number of benzene rings is 1. The Morgan fingerprint density at radius 3 is 2.75 bits per heavy atom. The Morgan fingerprint density at radius 2 is 2.00 bits per heavy atom. The van der Waals surface area contributed by atoms with Gasteiger partial charge in [0.2, 0.25) is 0 Å². The average Bonchev–Trinajstić information content (AvgIpc) is 2.70. The molecule has 1 aliphatic carbocycles. The molecule has 2 aromatic rings. The third-order valence-electron chi connectivity index (χ3n) is 4.54. The summed E-state index contributed by atoms with van der Waals surface area (Å²) in [6.07, 6.45) is 4.28. The van der Waals surface area contributed by atoms with Crippen LogP contribution in [0.2, 0.25) is 0 Å². The molecule has 0 saturated carbocycles. The van der Waals surface area contributed by atoms with E-state index in [4.69, 9.17) is 0 Å². The summed E-state index contributed by atoms with van der Waals surface area (Å²) < 4.78 is 0. The van der Waals surface area contributed by atoms with Gasteiger partial charge in [0.1, 0.15) is 0 Å². The maximum absolute atomic E-state index is 4.60. The molecule has 0 radical (unpaired) electrons. The summed E-state index contributed by atoms with van der Waals surface area (Å²) in [4.78, 5) is 4.60. The normalized spacial score (nSPS) is 20.8. The number of fused-ring (bicyclic) bond motifs is 3. The van der Waals surface area contributed by atoms with Crippen LogP contribution in [0.1, 0.15) is 44.7 Å². The van der Waals surface area contributed by atoms with Crippen molar-refractivity contribution >= 4 is 0 Å². The zero-order chi connectivity index (χ0) is 13.5. The van der Waals surface area contributed by atoms with E-state index in [9.17, 15) is 0 Å². The average molecular weight is 445 g/mol. The summed E-state index contributed by atoms with van der Waals surface area (Å²) in [5.41, 5.74) is 5.18. The van der Waals surface area contributed by atoms with Gasteiger partial charge in [-0.05, 0) is 29.5 Å². The van der Waals surface area contributed by atoms with Crippen LogP contribution in [-0.2, 0) is 26.5 Å². The van der Waals surface area contributed by atoms with E-state index in [2.05, 4.69) is 56.1 Å². The number of hydrogen-bond acceptors (Lipinski definition) is 1. The van der Waals surface area contributed by atoms with Crippen LogP contribution in [0.4, 0.5) is 0 Å².